The second kappa shape index (κ2) is 4.79. The molecule has 0 radical (unpaired) electrons. The van der Waals surface area contributed by atoms with Crippen molar-refractivity contribution < 1.29 is 0 Å². The van der Waals surface area contributed by atoms with E-state index in [-0.39, 0.29) is 5.54 Å². The number of fused-ring (bicyclic) bond motifs is 1. The van der Waals surface area contributed by atoms with Crippen molar-refractivity contribution in [1.29, 1.82) is 0 Å². The van der Waals surface area contributed by atoms with E-state index < -0.39 is 0 Å². The van der Waals surface area contributed by atoms with E-state index >= 15 is 0 Å². The summed E-state index contributed by atoms with van der Waals surface area (Å²) in [5.74, 6) is 0. The Labute approximate surface area is 117 Å². The number of allylic oxidation sites excluding steroid dienone is 1. The fourth-order valence-electron chi connectivity index (χ4n) is 2.34. The Morgan fingerprint density at radius 3 is 2.74 bits per heavy atom. The highest BCUT2D eigenvalue weighted by Gasteiger charge is 2.31. The maximum atomic E-state index is 4.79. The second-order valence-electron chi connectivity index (χ2n) is 4.66. The second-order valence-corrected chi connectivity index (χ2v) is 5.69. The molecular weight excluding hydrogens is 254 g/mol. The Kier molecular flexibility index (Phi) is 3.12. The molecule has 19 heavy (non-hydrogen) atoms. The molecule has 0 aliphatic heterocycles. The third-order valence-electron chi connectivity index (χ3n) is 3.60. The van der Waals surface area contributed by atoms with Gasteiger partial charge in [0.15, 0.2) is 0 Å². The van der Waals surface area contributed by atoms with Crippen LogP contribution < -0.4 is 10.6 Å². The van der Waals surface area contributed by atoms with Gasteiger partial charge >= 0.3 is 0 Å². The van der Waals surface area contributed by atoms with Crippen LogP contribution in [0.5, 0.6) is 0 Å². The van der Waals surface area contributed by atoms with E-state index in [2.05, 4.69) is 47.1 Å². The first kappa shape index (κ1) is 12.4. The summed E-state index contributed by atoms with van der Waals surface area (Å²) in [4.78, 5) is 4.79. The molecule has 1 heterocycles. The van der Waals surface area contributed by atoms with Gasteiger partial charge in [0.2, 0.25) is 0 Å². The van der Waals surface area contributed by atoms with Crippen LogP contribution in [0.15, 0.2) is 48.2 Å². The quantitative estimate of drug-likeness (QED) is 0.901. The largest absolute Gasteiger partial charge is 0.388 e. The summed E-state index contributed by atoms with van der Waals surface area (Å²) in [6, 6.07) is 8.29. The molecule has 98 valence electrons. The molecule has 1 atom stereocenters. The van der Waals surface area contributed by atoms with Crippen LogP contribution in [0.2, 0.25) is 0 Å². The minimum absolute atomic E-state index is 0.177. The molecule has 1 aromatic carbocycles. The SMILES string of the molecule is CNC1=CCC(NC)(c2nc3ccccc3s2)C=C1. The number of hydrogen-bond acceptors (Lipinski definition) is 4. The zero-order valence-corrected chi connectivity index (χ0v) is 11.9. The van der Waals surface area contributed by atoms with Crippen molar-refractivity contribution in [3.63, 3.8) is 0 Å². The average molecular weight is 271 g/mol. The van der Waals surface area contributed by atoms with Gasteiger partial charge < -0.3 is 10.6 Å². The molecule has 3 rings (SSSR count). The van der Waals surface area contributed by atoms with Crippen molar-refractivity contribution in [2.75, 3.05) is 14.1 Å². The standard InChI is InChI=1S/C15H17N3S/c1-16-11-7-9-15(17-2,10-8-11)14-18-12-5-3-4-6-13(12)19-14/h3-9,16-17H,10H2,1-2H3. The maximum absolute atomic E-state index is 4.79. The molecule has 1 aliphatic carbocycles. The molecule has 1 unspecified atom stereocenters. The highest BCUT2D eigenvalue weighted by atomic mass is 32.1. The molecule has 0 saturated carbocycles. The number of nitrogens with one attached hydrogen (secondary N) is 2. The van der Waals surface area contributed by atoms with Crippen molar-refractivity contribution >= 4 is 21.6 Å². The first-order valence-corrected chi connectivity index (χ1v) is 7.21. The van der Waals surface area contributed by atoms with Crippen LogP contribution >= 0.6 is 11.3 Å². The predicted molar refractivity (Wildman–Crippen MR) is 81.3 cm³/mol. The van der Waals surface area contributed by atoms with Crippen molar-refractivity contribution in [2.45, 2.75) is 12.0 Å². The zero-order valence-electron chi connectivity index (χ0n) is 11.1. The van der Waals surface area contributed by atoms with Crippen LogP contribution in [-0.4, -0.2) is 19.1 Å². The van der Waals surface area contributed by atoms with Crippen molar-refractivity contribution in [3.05, 3.63) is 53.2 Å². The van der Waals surface area contributed by atoms with Gasteiger partial charge in [0.05, 0.1) is 15.8 Å². The molecule has 2 N–H and O–H groups in total. The molecule has 0 amide bonds. The van der Waals surface area contributed by atoms with Crippen molar-refractivity contribution in [1.82, 2.24) is 15.6 Å². The fraction of sp³-hybridized carbons (Fsp3) is 0.267. The van der Waals surface area contributed by atoms with Crippen LogP contribution in [0.3, 0.4) is 0 Å². The van der Waals surface area contributed by atoms with E-state index in [1.165, 1.54) is 4.70 Å². The monoisotopic (exact) mass is 271 g/mol. The normalized spacial score (nSPS) is 22.5. The summed E-state index contributed by atoms with van der Waals surface area (Å²) in [5.41, 5.74) is 2.06. The van der Waals surface area contributed by atoms with Gasteiger partial charge in [0, 0.05) is 12.7 Å². The molecule has 3 nitrogen and oxygen atoms in total. The third-order valence-corrected chi connectivity index (χ3v) is 4.82. The van der Waals surface area contributed by atoms with Gasteiger partial charge in [-0.15, -0.1) is 11.3 Å². The lowest BCUT2D eigenvalue weighted by atomic mass is 9.91. The summed E-state index contributed by atoms with van der Waals surface area (Å²) < 4.78 is 1.24. The molecule has 0 fully saturated rings. The third kappa shape index (κ3) is 2.07. The minimum atomic E-state index is -0.177. The van der Waals surface area contributed by atoms with Crippen LogP contribution in [0.1, 0.15) is 11.4 Å². The summed E-state index contributed by atoms with van der Waals surface area (Å²) >= 11 is 1.76. The van der Waals surface area contributed by atoms with Gasteiger partial charge in [-0.1, -0.05) is 24.3 Å². The Bertz CT molecular complexity index is 623. The van der Waals surface area contributed by atoms with Gasteiger partial charge in [0.25, 0.3) is 0 Å². The summed E-state index contributed by atoms with van der Waals surface area (Å²) in [7, 11) is 3.94. The molecule has 0 bridgehead atoms. The van der Waals surface area contributed by atoms with Crippen LogP contribution in [0.25, 0.3) is 10.2 Å². The molecule has 0 spiro atoms. The molecule has 1 aliphatic rings. The number of para-hydroxylation sites is 1. The number of nitrogens with zero attached hydrogens (tertiary/aromatic N) is 1. The number of benzene rings is 1. The highest BCUT2D eigenvalue weighted by Crippen LogP contribution is 2.35. The van der Waals surface area contributed by atoms with E-state index in [1.807, 2.05) is 20.2 Å². The summed E-state index contributed by atoms with van der Waals surface area (Å²) in [6.07, 6.45) is 7.45. The predicted octanol–water partition coefficient (Wildman–Crippen LogP) is 2.77. The lowest BCUT2D eigenvalue weighted by Crippen LogP contribution is -2.39. The van der Waals surface area contributed by atoms with Crippen LogP contribution in [0.4, 0.5) is 0 Å². The number of rotatable bonds is 3. The van der Waals surface area contributed by atoms with E-state index in [4.69, 9.17) is 4.98 Å². The smallest absolute Gasteiger partial charge is 0.118 e. The lowest BCUT2D eigenvalue weighted by Gasteiger charge is -2.29. The lowest BCUT2D eigenvalue weighted by molar-refractivity contribution is 0.453. The average Bonchev–Trinajstić information content (AvgIpc) is 2.92. The van der Waals surface area contributed by atoms with Gasteiger partial charge in [0.1, 0.15) is 5.01 Å². The summed E-state index contributed by atoms with van der Waals surface area (Å²) in [6.45, 7) is 0. The van der Waals surface area contributed by atoms with E-state index in [0.717, 1.165) is 22.6 Å². The molecule has 0 saturated heterocycles. The van der Waals surface area contributed by atoms with Crippen molar-refractivity contribution in [3.8, 4) is 0 Å². The Balaban J connectivity index is 2.03. The first-order valence-electron chi connectivity index (χ1n) is 6.39. The van der Waals surface area contributed by atoms with Gasteiger partial charge in [-0.3, -0.25) is 0 Å². The Hall–Kier alpha value is -1.65. The Morgan fingerprint density at radius 1 is 1.26 bits per heavy atom. The van der Waals surface area contributed by atoms with Gasteiger partial charge in [-0.05, 0) is 31.7 Å². The fourth-order valence-corrected chi connectivity index (χ4v) is 3.49. The van der Waals surface area contributed by atoms with Crippen LogP contribution in [-0.2, 0) is 5.54 Å². The van der Waals surface area contributed by atoms with Gasteiger partial charge in [-0.25, -0.2) is 4.98 Å². The van der Waals surface area contributed by atoms with Gasteiger partial charge in [-0.2, -0.15) is 0 Å². The van der Waals surface area contributed by atoms with E-state index in [1.54, 1.807) is 11.3 Å². The van der Waals surface area contributed by atoms with E-state index in [0.29, 0.717) is 0 Å². The maximum Gasteiger partial charge on any atom is 0.118 e. The zero-order chi connectivity index (χ0) is 13.3. The number of hydrogen-bond donors (Lipinski definition) is 2. The summed E-state index contributed by atoms with van der Waals surface area (Å²) in [5, 5.41) is 7.73. The number of aromatic nitrogens is 1. The topological polar surface area (TPSA) is 37.0 Å². The molecule has 1 aromatic heterocycles. The van der Waals surface area contributed by atoms with Crippen molar-refractivity contribution in [2.24, 2.45) is 0 Å². The Morgan fingerprint density at radius 2 is 2.11 bits per heavy atom. The van der Waals surface area contributed by atoms with Crippen LogP contribution in [0, 0.1) is 0 Å². The first-order chi connectivity index (χ1) is 9.27. The number of thiazole rings is 1. The number of likely N-dealkylation sites (N-methyl/N-ethyl adjacent to an activating group) is 2. The molecular formula is C15H17N3S. The van der Waals surface area contributed by atoms with E-state index in [9.17, 15) is 0 Å². The molecule has 2 aromatic rings. The minimum Gasteiger partial charge on any atom is -0.388 e. The molecule has 4 heteroatoms. The highest BCUT2D eigenvalue weighted by molar-refractivity contribution is 7.18.